The van der Waals surface area contributed by atoms with Crippen molar-refractivity contribution >= 4 is 23.2 Å². The molecule has 1 N–H and O–H groups in total. The smallest absolute Gasteiger partial charge is 0.0595 e. The summed E-state index contributed by atoms with van der Waals surface area (Å²) >= 11 is 12.2. The summed E-state index contributed by atoms with van der Waals surface area (Å²) in [7, 11) is 2.06. The van der Waals surface area contributed by atoms with Gasteiger partial charge in [0.25, 0.3) is 0 Å². The number of nitrogens with one attached hydrogen (secondary N) is 1. The van der Waals surface area contributed by atoms with Crippen molar-refractivity contribution in [2.24, 2.45) is 0 Å². The third kappa shape index (κ3) is 3.73. The highest BCUT2D eigenvalue weighted by atomic mass is 35.5. The molecule has 1 aliphatic rings. The maximum absolute atomic E-state index is 6.15. The molecule has 0 spiro atoms. The predicted octanol–water partition coefficient (Wildman–Crippen LogP) is 4.39. The van der Waals surface area contributed by atoms with Crippen molar-refractivity contribution in [1.82, 2.24) is 10.2 Å². The first-order valence-electron chi connectivity index (χ1n) is 7.87. The van der Waals surface area contributed by atoms with Crippen LogP contribution in [0.2, 0.25) is 10.0 Å². The van der Waals surface area contributed by atoms with Crippen molar-refractivity contribution in [3.8, 4) is 0 Å². The Hall–Kier alpha value is -0.280. The van der Waals surface area contributed by atoms with Crippen LogP contribution in [-0.4, -0.2) is 36.6 Å². The van der Waals surface area contributed by atoms with E-state index >= 15 is 0 Å². The first-order valence-corrected chi connectivity index (χ1v) is 8.63. The van der Waals surface area contributed by atoms with Gasteiger partial charge in [-0.25, -0.2) is 0 Å². The second-order valence-electron chi connectivity index (χ2n) is 6.20. The first kappa shape index (κ1) is 17.1. The minimum Gasteiger partial charge on any atom is -0.315 e. The maximum Gasteiger partial charge on any atom is 0.0595 e. The Morgan fingerprint density at radius 2 is 1.90 bits per heavy atom. The van der Waals surface area contributed by atoms with Gasteiger partial charge < -0.3 is 5.32 Å². The van der Waals surface area contributed by atoms with Crippen molar-refractivity contribution in [1.29, 1.82) is 0 Å². The van der Waals surface area contributed by atoms with Gasteiger partial charge in [-0.05, 0) is 70.4 Å². The Labute approximate surface area is 138 Å². The molecule has 118 valence electrons. The molecule has 0 aliphatic carbocycles. The van der Waals surface area contributed by atoms with E-state index in [1.54, 1.807) is 0 Å². The topological polar surface area (TPSA) is 15.3 Å². The van der Waals surface area contributed by atoms with E-state index in [9.17, 15) is 0 Å². The van der Waals surface area contributed by atoms with Gasteiger partial charge in [-0.3, -0.25) is 4.90 Å². The summed E-state index contributed by atoms with van der Waals surface area (Å²) in [4.78, 5) is 2.64. The van der Waals surface area contributed by atoms with Gasteiger partial charge >= 0.3 is 0 Å². The Balaban J connectivity index is 2.18. The minimum atomic E-state index is 0.178. The Morgan fingerprint density at radius 3 is 2.43 bits per heavy atom. The second kappa shape index (κ2) is 7.32. The molecule has 0 bridgehead atoms. The van der Waals surface area contributed by atoms with Crippen molar-refractivity contribution in [3.63, 3.8) is 0 Å². The van der Waals surface area contributed by atoms with Crippen molar-refractivity contribution in [2.45, 2.75) is 51.1 Å². The lowest BCUT2D eigenvalue weighted by atomic mass is 9.83. The van der Waals surface area contributed by atoms with Crippen LogP contribution in [0.4, 0.5) is 0 Å². The fraction of sp³-hybridized carbons (Fsp3) is 0.647. The third-order valence-electron chi connectivity index (χ3n) is 5.07. The summed E-state index contributed by atoms with van der Waals surface area (Å²) in [5.41, 5.74) is 1.42. The van der Waals surface area contributed by atoms with Crippen LogP contribution < -0.4 is 5.32 Å². The van der Waals surface area contributed by atoms with E-state index in [4.69, 9.17) is 23.2 Å². The van der Waals surface area contributed by atoms with Crippen LogP contribution in [0.25, 0.3) is 0 Å². The average molecular weight is 329 g/mol. The van der Waals surface area contributed by atoms with E-state index < -0.39 is 0 Å². The summed E-state index contributed by atoms with van der Waals surface area (Å²) in [5.74, 6) is 0. The molecule has 1 saturated heterocycles. The number of benzene rings is 1. The molecule has 1 fully saturated rings. The van der Waals surface area contributed by atoms with Gasteiger partial charge in [0.05, 0.1) is 10.0 Å². The molecular formula is C17H26Cl2N2. The summed E-state index contributed by atoms with van der Waals surface area (Å²) in [5, 5.41) is 4.80. The largest absolute Gasteiger partial charge is 0.315 e. The van der Waals surface area contributed by atoms with Gasteiger partial charge in [0.2, 0.25) is 0 Å². The SMILES string of the molecule is CCC(C)(C(Cc1ccc(Cl)c(Cl)c1)NC)N1CCCC1. The van der Waals surface area contributed by atoms with Gasteiger partial charge in [0, 0.05) is 11.6 Å². The van der Waals surface area contributed by atoms with Crippen LogP contribution in [0.15, 0.2) is 18.2 Å². The molecule has 1 aliphatic heterocycles. The Kier molecular flexibility index (Phi) is 5.96. The molecule has 1 heterocycles. The summed E-state index contributed by atoms with van der Waals surface area (Å²) < 4.78 is 0. The molecule has 21 heavy (non-hydrogen) atoms. The zero-order chi connectivity index (χ0) is 15.5. The van der Waals surface area contributed by atoms with Gasteiger partial charge in [0.1, 0.15) is 0 Å². The van der Waals surface area contributed by atoms with Crippen LogP contribution in [-0.2, 0) is 6.42 Å². The standard InChI is InChI=1S/C17H26Cl2N2/c1-4-17(2,21-9-5-6-10-21)16(20-3)12-13-7-8-14(18)15(19)11-13/h7-8,11,16,20H,4-6,9-10,12H2,1-3H3. The molecule has 2 nitrogen and oxygen atoms in total. The van der Waals surface area contributed by atoms with E-state index in [0.717, 1.165) is 12.8 Å². The second-order valence-corrected chi connectivity index (χ2v) is 7.01. The van der Waals surface area contributed by atoms with Crippen molar-refractivity contribution < 1.29 is 0 Å². The lowest BCUT2D eigenvalue weighted by Gasteiger charge is -2.44. The van der Waals surface area contributed by atoms with E-state index in [2.05, 4.69) is 37.2 Å². The lowest BCUT2D eigenvalue weighted by Crippen LogP contribution is -2.58. The molecule has 4 heteroatoms. The molecule has 2 rings (SSSR count). The fourth-order valence-electron chi connectivity index (χ4n) is 3.45. The molecule has 0 aromatic heterocycles. The predicted molar refractivity (Wildman–Crippen MR) is 92.5 cm³/mol. The number of likely N-dealkylation sites (tertiary alicyclic amines) is 1. The Morgan fingerprint density at radius 1 is 1.24 bits per heavy atom. The highest BCUT2D eigenvalue weighted by Crippen LogP contribution is 2.31. The average Bonchev–Trinajstić information content (AvgIpc) is 3.02. The maximum atomic E-state index is 6.15. The highest BCUT2D eigenvalue weighted by molar-refractivity contribution is 6.42. The molecule has 0 saturated carbocycles. The monoisotopic (exact) mass is 328 g/mol. The molecule has 2 atom stereocenters. The third-order valence-corrected chi connectivity index (χ3v) is 5.81. The van der Waals surface area contributed by atoms with Crippen LogP contribution in [0.3, 0.4) is 0 Å². The fourth-order valence-corrected chi connectivity index (χ4v) is 3.77. The molecule has 2 unspecified atom stereocenters. The summed E-state index contributed by atoms with van der Waals surface area (Å²) in [6.07, 6.45) is 4.74. The lowest BCUT2D eigenvalue weighted by molar-refractivity contribution is 0.0873. The number of hydrogen-bond acceptors (Lipinski definition) is 2. The number of likely N-dealkylation sites (N-methyl/N-ethyl adjacent to an activating group) is 1. The van der Waals surface area contributed by atoms with Gasteiger partial charge in [-0.1, -0.05) is 36.2 Å². The quantitative estimate of drug-likeness (QED) is 0.833. The molecule has 1 aromatic carbocycles. The number of hydrogen-bond donors (Lipinski definition) is 1. The van der Waals surface area contributed by atoms with Crippen LogP contribution in [0.5, 0.6) is 0 Å². The molecule has 0 amide bonds. The molecule has 0 radical (unpaired) electrons. The van der Waals surface area contributed by atoms with Crippen molar-refractivity contribution in [3.05, 3.63) is 33.8 Å². The first-order chi connectivity index (χ1) is 10.0. The van der Waals surface area contributed by atoms with E-state index in [-0.39, 0.29) is 5.54 Å². The van der Waals surface area contributed by atoms with Gasteiger partial charge in [-0.15, -0.1) is 0 Å². The zero-order valence-corrected chi connectivity index (χ0v) is 14.8. The van der Waals surface area contributed by atoms with Gasteiger partial charge in [-0.2, -0.15) is 0 Å². The van der Waals surface area contributed by atoms with Crippen LogP contribution >= 0.6 is 23.2 Å². The number of nitrogens with zero attached hydrogens (tertiary/aromatic N) is 1. The number of rotatable bonds is 6. The van der Waals surface area contributed by atoms with E-state index in [0.29, 0.717) is 16.1 Å². The van der Waals surface area contributed by atoms with E-state index in [1.165, 1.54) is 31.5 Å². The normalized spacial score (nSPS) is 20.4. The summed E-state index contributed by atoms with van der Waals surface area (Å²) in [6.45, 7) is 7.10. The molecule has 1 aromatic rings. The van der Waals surface area contributed by atoms with Crippen LogP contribution in [0, 0.1) is 0 Å². The minimum absolute atomic E-state index is 0.178. The highest BCUT2D eigenvalue weighted by Gasteiger charge is 2.38. The van der Waals surface area contributed by atoms with Gasteiger partial charge in [0.15, 0.2) is 0 Å². The van der Waals surface area contributed by atoms with E-state index in [1.807, 2.05) is 12.1 Å². The van der Waals surface area contributed by atoms with Crippen molar-refractivity contribution in [2.75, 3.05) is 20.1 Å². The van der Waals surface area contributed by atoms with Crippen LogP contribution in [0.1, 0.15) is 38.7 Å². The zero-order valence-electron chi connectivity index (χ0n) is 13.3. The molecular weight excluding hydrogens is 303 g/mol. The summed E-state index contributed by atoms with van der Waals surface area (Å²) in [6, 6.07) is 6.37. The number of halogens is 2. The Bertz CT molecular complexity index is 472.